The van der Waals surface area contributed by atoms with Crippen LogP contribution in [-0.4, -0.2) is 16.3 Å². The van der Waals surface area contributed by atoms with Crippen LogP contribution >= 0.6 is 0 Å². The summed E-state index contributed by atoms with van der Waals surface area (Å²) in [7, 11) is 0. The van der Waals surface area contributed by atoms with Gasteiger partial charge in [-0.25, -0.2) is 0 Å². The Bertz CT molecular complexity index is 15.9. The van der Waals surface area contributed by atoms with Gasteiger partial charge in [-0.05, 0) is 0 Å². The van der Waals surface area contributed by atoms with Crippen LogP contribution in [0.25, 0.3) is 0 Å². The molecule has 0 aliphatic carbocycles. The SMILES string of the molecule is CCCC[CH2][Al]. The van der Waals surface area contributed by atoms with E-state index in [0.29, 0.717) is 0 Å². The Labute approximate surface area is 48.4 Å². The molecule has 0 rings (SSSR count). The van der Waals surface area contributed by atoms with Crippen LogP contribution in [0.2, 0.25) is 5.28 Å². The molecular weight excluding hydrogens is 87.0 g/mol. The van der Waals surface area contributed by atoms with Crippen molar-refractivity contribution in [2.75, 3.05) is 0 Å². The predicted octanol–water partition coefficient (Wildman–Crippen LogP) is 1.76. The van der Waals surface area contributed by atoms with Crippen molar-refractivity contribution in [3.8, 4) is 0 Å². The second-order valence-corrected chi connectivity index (χ2v) is 2.07. The summed E-state index contributed by atoms with van der Waals surface area (Å²) in [5.41, 5.74) is 0. The summed E-state index contributed by atoms with van der Waals surface area (Å²) >= 11 is 2.73. The van der Waals surface area contributed by atoms with Gasteiger partial charge in [0.15, 0.2) is 0 Å². The molecule has 2 radical (unpaired) electrons. The molecule has 0 unspecified atom stereocenters. The van der Waals surface area contributed by atoms with Crippen molar-refractivity contribution in [3.05, 3.63) is 0 Å². The van der Waals surface area contributed by atoms with E-state index in [1.54, 1.807) is 0 Å². The van der Waals surface area contributed by atoms with E-state index >= 15 is 0 Å². The summed E-state index contributed by atoms with van der Waals surface area (Å²) in [5.74, 6) is 0. The van der Waals surface area contributed by atoms with Crippen LogP contribution in [0.15, 0.2) is 0 Å². The van der Waals surface area contributed by atoms with Crippen molar-refractivity contribution in [3.63, 3.8) is 0 Å². The molecule has 0 spiro atoms. The molecule has 0 saturated carbocycles. The summed E-state index contributed by atoms with van der Waals surface area (Å²) in [4.78, 5) is 0. The minimum Gasteiger partial charge on any atom is -0.118 e. The van der Waals surface area contributed by atoms with Gasteiger partial charge in [0.25, 0.3) is 0 Å². The standard InChI is InChI=1S/C5H11.Al/c1-3-5-4-2;/h1,3-5H2,2H3;. The van der Waals surface area contributed by atoms with Gasteiger partial charge in [-0.3, -0.25) is 0 Å². The van der Waals surface area contributed by atoms with Gasteiger partial charge >= 0.3 is 0 Å². The second-order valence-electron chi connectivity index (χ2n) is 1.50. The molecular formula is C5H11Al. The van der Waals surface area contributed by atoms with E-state index in [-0.39, 0.29) is 0 Å². The van der Waals surface area contributed by atoms with E-state index in [9.17, 15) is 0 Å². The molecule has 0 atom stereocenters. The second kappa shape index (κ2) is 5.53. The van der Waals surface area contributed by atoms with Gasteiger partial charge in [0.2, 0.25) is 0 Å². The highest BCUT2D eigenvalue weighted by molar-refractivity contribution is 6.08. The summed E-state index contributed by atoms with van der Waals surface area (Å²) < 4.78 is 0. The highest BCUT2D eigenvalue weighted by atomic mass is 27.0. The van der Waals surface area contributed by atoms with Crippen molar-refractivity contribution < 1.29 is 0 Å². The first-order chi connectivity index (χ1) is 2.91. The third-order valence-electron chi connectivity index (χ3n) is 0.808. The Hall–Kier alpha value is 0.532. The Kier molecular flexibility index (Phi) is 6.02. The smallest absolute Gasteiger partial charge is 0.118 e. The maximum atomic E-state index is 2.73. The molecule has 0 aromatic rings. The Morgan fingerprint density at radius 2 is 2.00 bits per heavy atom. The van der Waals surface area contributed by atoms with Gasteiger partial charge in [0, 0.05) is 0 Å². The lowest BCUT2D eigenvalue weighted by molar-refractivity contribution is 0.771. The zero-order chi connectivity index (χ0) is 4.83. The lowest BCUT2D eigenvalue weighted by Crippen LogP contribution is -1.69. The zero-order valence-electron chi connectivity index (χ0n) is 4.41. The molecule has 6 heavy (non-hydrogen) atoms. The van der Waals surface area contributed by atoms with E-state index < -0.39 is 0 Å². The predicted molar refractivity (Wildman–Crippen MR) is 30.1 cm³/mol. The quantitative estimate of drug-likeness (QED) is 0.372. The van der Waals surface area contributed by atoms with Crippen molar-refractivity contribution in [1.29, 1.82) is 0 Å². The molecule has 0 nitrogen and oxygen atoms in total. The van der Waals surface area contributed by atoms with Crippen LogP contribution in [0.5, 0.6) is 0 Å². The first-order valence-electron chi connectivity index (χ1n) is 2.62. The fourth-order valence-electron chi connectivity index (χ4n) is 0.394. The first kappa shape index (κ1) is 6.53. The van der Waals surface area contributed by atoms with Crippen LogP contribution in [0.4, 0.5) is 0 Å². The number of unbranched alkanes of at least 4 members (excludes halogenated alkanes) is 2. The van der Waals surface area contributed by atoms with Gasteiger partial charge in [-0.1, -0.05) is 26.2 Å². The van der Waals surface area contributed by atoms with Gasteiger partial charge in [0.05, 0.1) is 0 Å². The van der Waals surface area contributed by atoms with Crippen molar-refractivity contribution in [1.82, 2.24) is 0 Å². The molecule has 0 fully saturated rings. The number of hydrogen-bond donors (Lipinski definition) is 0. The lowest BCUT2D eigenvalue weighted by atomic mass is 10.3. The summed E-state index contributed by atoms with van der Waals surface area (Å²) in [6.45, 7) is 2.22. The molecule has 0 bridgehead atoms. The van der Waals surface area contributed by atoms with E-state index in [1.807, 2.05) is 0 Å². The van der Waals surface area contributed by atoms with Crippen LogP contribution in [0.1, 0.15) is 26.2 Å². The summed E-state index contributed by atoms with van der Waals surface area (Å²) in [6.07, 6.45) is 4.11. The normalized spacial score (nSPS) is 8.83. The highest BCUT2D eigenvalue weighted by Crippen LogP contribution is 1.94. The average Bonchev–Trinajstić information content (AvgIpc) is 1.61. The largest absolute Gasteiger partial charge is 0.118 e. The minimum atomic E-state index is 1.27. The summed E-state index contributed by atoms with van der Waals surface area (Å²) in [6, 6.07) is 0. The van der Waals surface area contributed by atoms with Crippen molar-refractivity contribution in [2.45, 2.75) is 31.5 Å². The van der Waals surface area contributed by atoms with Gasteiger partial charge in [0.1, 0.15) is 16.3 Å². The Balaban J connectivity index is 2.34. The van der Waals surface area contributed by atoms with E-state index in [4.69, 9.17) is 0 Å². The minimum absolute atomic E-state index is 1.27. The van der Waals surface area contributed by atoms with Crippen molar-refractivity contribution >= 4 is 16.3 Å². The fourth-order valence-corrected chi connectivity index (χ4v) is 0.683. The van der Waals surface area contributed by atoms with Crippen LogP contribution in [0, 0.1) is 0 Å². The Morgan fingerprint density at radius 1 is 1.33 bits per heavy atom. The molecule has 0 N–H and O–H groups in total. The van der Waals surface area contributed by atoms with Gasteiger partial charge in [-0.2, -0.15) is 0 Å². The Morgan fingerprint density at radius 3 is 2.17 bits per heavy atom. The molecule has 0 amide bonds. The van der Waals surface area contributed by atoms with Crippen molar-refractivity contribution in [2.24, 2.45) is 0 Å². The average molecular weight is 98.1 g/mol. The van der Waals surface area contributed by atoms with E-state index in [0.717, 1.165) is 0 Å². The van der Waals surface area contributed by atoms with Gasteiger partial charge < -0.3 is 0 Å². The van der Waals surface area contributed by atoms with Gasteiger partial charge in [-0.15, -0.1) is 5.28 Å². The number of hydrogen-bond acceptors (Lipinski definition) is 0. The third-order valence-corrected chi connectivity index (χ3v) is 1.22. The molecule has 1 heteroatoms. The molecule has 0 aromatic carbocycles. The summed E-state index contributed by atoms with van der Waals surface area (Å²) in [5, 5.41) is 1.27. The van der Waals surface area contributed by atoms with E-state index in [2.05, 4.69) is 23.2 Å². The van der Waals surface area contributed by atoms with Crippen LogP contribution in [-0.2, 0) is 0 Å². The lowest BCUT2D eigenvalue weighted by Gasteiger charge is -1.86. The molecule has 34 valence electrons. The zero-order valence-corrected chi connectivity index (χ0v) is 5.56. The molecule has 0 saturated heterocycles. The molecule has 0 aromatic heterocycles. The molecule has 0 aliphatic rings. The van der Waals surface area contributed by atoms with Crippen LogP contribution < -0.4 is 0 Å². The highest BCUT2D eigenvalue weighted by Gasteiger charge is 1.75. The third kappa shape index (κ3) is 4.53. The topological polar surface area (TPSA) is 0 Å². The van der Waals surface area contributed by atoms with Crippen LogP contribution in [0.3, 0.4) is 0 Å². The molecule has 0 heterocycles. The maximum absolute atomic E-state index is 2.73. The number of rotatable bonds is 3. The fraction of sp³-hybridized carbons (Fsp3) is 1.00. The molecule has 0 aliphatic heterocycles. The van der Waals surface area contributed by atoms with E-state index in [1.165, 1.54) is 24.5 Å². The first-order valence-corrected chi connectivity index (χ1v) is 3.43. The maximum Gasteiger partial charge on any atom is 0.118 e. The monoisotopic (exact) mass is 98.1 g/mol.